The first-order valence-electron chi connectivity index (χ1n) is 11.7. The summed E-state index contributed by atoms with van der Waals surface area (Å²) in [6.45, 7) is 3.70. The zero-order valence-corrected chi connectivity index (χ0v) is 19.2. The number of amidine groups is 1. The molecule has 1 atom stereocenters. The maximum Gasteiger partial charge on any atom is 0.225 e. The van der Waals surface area contributed by atoms with Crippen LogP contribution in [0.5, 0.6) is 0 Å². The predicted molar refractivity (Wildman–Crippen MR) is 132 cm³/mol. The monoisotopic (exact) mass is 450 g/mol. The number of carbonyl (C=O) groups excluding carboxylic acids is 1. The Hall–Kier alpha value is -3.36. The Kier molecular flexibility index (Phi) is 6.67. The number of rotatable bonds is 5. The highest BCUT2D eigenvalue weighted by Gasteiger charge is 2.29. The van der Waals surface area contributed by atoms with Crippen LogP contribution in [0, 0.1) is 17.2 Å². The highest BCUT2D eigenvalue weighted by molar-refractivity contribution is 6.00. The molecule has 1 aliphatic carbocycles. The number of carbonyl (C=O) groups is 1. The van der Waals surface area contributed by atoms with E-state index in [0.29, 0.717) is 35.3 Å². The second-order valence-corrected chi connectivity index (χ2v) is 9.44. The minimum absolute atomic E-state index is 0.0664. The van der Waals surface area contributed by atoms with E-state index < -0.39 is 0 Å². The number of piperidine rings is 1. The van der Waals surface area contributed by atoms with Crippen molar-refractivity contribution in [1.29, 1.82) is 5.41 Å². The lowest BCUT2D eigenvalue weighted by atomic mass is 9.87. The summed E-state index contributed by atoms with van der Waals surface area (Å²) in [5.41, 5.74) is 20.0. The van der Waals surface area contributed by atoms with Gasteiger partial charge in [0.15, 0.2) is 0 Å². The Morgan fingerprint density at radius 1 is 1.12 bits per heavy atom. The van der Waals surface area contributed by atoms with Crippen LogP contribution in [0.4, 0.5) is 17.5 Å². The molecule has 0 radical (unpaired) electrons. The van der Waals surface area contributed by atoms with E-state index in [1.807, 2.05) is 12.1 Å². The molecule has 9 nitrogen and oxygen atoms in total. The van der Waals surface area contributed by atoms with Crippen LogP contribution in [0.3, 0.4) is 0 Å². The van der Waals surface area contributed by atoms with Crippen molar-refractivity contribution in [1.82, 2.24) is 15.3 Å². The highest BCUT2D eigenvalue weighted by Crippen LogP contribution is 2.29. The zero-order valence-electron chi connectivity index (χ0n) is 19.2. The van der Waals surface area contributed by atoms with Gasteiger partial charge < -0.3 is 27.4 Å². The standard InChI is InChI=1S/C24H34N8O/c1-14-4-7-17(8-5-14)29-23(33)16-3-2-10-32(13-16)21-12-20(30-24(28)31-21)15-6-9-18(22(26)27)19(25)11-15/h6,9,11-12,14,16-17H,2-5,7-8,10,13,25H2,1H3,(H3,26,27)(H,29,33)(H2,28,30,31). The number of amides is 1. The number of hydrogen-bond donors (Lipinski definition) is 5. The second kappa shape index (κ2) is 9.64. The van der Waals surface area contributed by atoms with Crippen LogP contribution >= 0.6 is 0 Å². The minimum atomic E-state index is -0.0812. The molecule has 0 bridgehead atoms. The number of nitrogens with one attached hydrogen (secondary N) is 2. The average Bonchev–Trinajstić information content (AvgIpc) is 2.80. The van der Waals surface area contributed by atoms with Crippen LogP contribution in [-0.2, 0) is 4.79 Å². The van der Waals surface area contributed by atoms with Crippen LogP contribution in [0.25, 0.3) is 11.3 Å². The molecule has 8 N–H and O–H groups in total. The molecule has 0 spiro atoms. The van der Waals surface area contributed by atoms with Crippen LogP contribution in [0.15, 0.2) is 24.3 Å². The lowest BCUT2D eigenvalue weighted by Gasteiger charge is -2.34. The fraction of sp³-hybridized carbons (Fsp3) is 0.500. The van der Waals surface area contributed by atoms with E-state index in [1.54, 1.807) is 12.1 Å². The number of nitrogens with zero attached hydrogens (tertiary/aromatic N) is 3. The number of nitrogen functional groups attached to an aromatic ring is 3. The zero-order chi connectivity index (χ0) is 23.5. The number of hydrogen-bond acceptors (Lipinski definition) is 7. The van der Waals surface area contributed by atoms with Crippen LogP contribution in [0.1, 0.15) is 51.0 Å². The van der Waals surface area contributed by atoms with Gasteiger partial charge in [0.05, 0.1) is 11.6 Å². The average molecular weight is 451 g/mol. The van der Waals surface area contributed by atoms with Crippen molar-refractivity contribution in [2.45, 2.75) is 51.5 Å². The first kappa shape index (κ1) is 22.8. The van der Waals surface area contributed by atoms with Crippen molar-refractivity contribution < 1.29 is 4.79 Å². The van der Waals surface area contributed by atoms with E-state index in [9.17, 15) is 4.79 Å². The van der Waals surface area contributed by atoms with Gasteiger partial charge in [-0.05, 0) is 56.6 Å². The Bertz CT molecular complexity index is 1030. The smallest absolute Gasteiger partial charge is 0.225 e. The minimum Gasteiger partial charge on any atom is -0.398 e. The number of aromatic nitrogens is 2. The maximum atomic E-state index is 13.0. The highest BCUT2D eigenvalue weighted by atomic mass is 16.2. The van der Waals surface area contributed by atoms with Gasteiger partial charge in [-0.2, -0.15) is 4.98 Å². The van der Waals surface area contributed by atoms with Crippen molar-refractivity contribution in [3.8, 4) is 11.3 Å². The third-order valence-corrected chi connectivity index (χ3v) is 6.85. The van der Waals surface area contributed by atoms with Gasteiger partial charge in [0, 0.05) is 42.0 Å². The molecule has 33 heavy (non-hydrogen) atoms. The summed E-state index contributed by atoms with van der Waals surface area (Å²) < 4.78 is 0. The molecule has 1 aromatic carbocycles. The fourth-order valence-corrected chi connectivity index (χ4v) is 4.85. The van der Waals surface area contributed by atoms with Crippen molar-refractivity contribution in [3.63, 3.8) is 0 Å². The van der Waals surface area contributed by atoms with Gasteiger partial charge in [-0.25, -0.2) is 4.98 Å². The Balaban J connectivity index is 1.48. The van der Waals surface area contributed by atoms with E-state index in [1.165, 1.54) is 12.8 Å². The summed E-state index contributed by atoms with van der Waals surface area (Å²) in [6.07, 6.45) is 6.30. The van der Waals surface area contributed by atoms with Gasteiger partial charge in [0.2, 0.25) is 11.9 Å². The number of benzene rings is 1. The summed E-state index contributed by atoms with van der Waals surface area (Å²) in [5.74, 6) is 1.63. The second-order valence-electron chi connectivity index (χ2n) is 9.44. The van der Waals surface area contributed by atoms with Crippen molar-refractivity contribution in [3.05, 3.63) is 29.8 Å². The molecule has 1 aliphatic heterocycles. The van der Waals surface area contributed by atoms with Gasteiger partial charge >= 0.3 is 0 Å². The Morgan fingerprint density at radius 2 is 1.88 bits per heavy atom. The van der Waals surface area contributed by atoms with E-state index in [0.717, 1.165) is 43.7 Å². The Labute approximate surface area is 194 Å². The SMILES string of the molecule is CC1CCC(NC(=O)C2CCCN(c3cc(-c4ccc(C(=N)N)c(N)c4)nc(N)n3)C2)CC1. The van der Waals surface area contributed by atoms with Gasteiger partial charge in [-0.15, -0.1) is 0 Å². The molecule has 2 fully saturated rings. The molecular weight excluding hydrogens is 416 g/mol. The molecule has 1 unspecified atom stereocenters. The molecule has 1 amide bonds. The van der Waals surface area contributed by atoms with E-state index in [4.69, 9.17) is 22.6 Å². The third kappa shape index (κ3) is 5.35. The van der Waals surface area contributed by atoms with Gasteiger partial charge in [0.25, 0.3) is 0 Å². The molecule has 1 saturated heterocycles. The number of nitrogens with two attached hydrogens (primary N) is 3. The Morgan fingerprint density at radius 3 is 2.58 bits per heavy atom. The summed E-state index contributed by atoms with van der Waals surface area (Å²) >= 11 is 0. The molecule has 2 aliphatic rings. The molecule has 1 aromatic heterocycles. The van der Waals surface area contributed by atoms with Crippen LogP contribution < -0.4 is 27.4 Å². The largest absolute Gasteiger partial charge is 0.398 e. The molecule has 4 rings (SSSR count). The van der Waals surface area contributed by atoms with E-state index in [2.05, 4.69) is 27.1 Å². The quantitative estimate of drug-likeness (QED) is 0.266. The fourth-order valence-electron chi connectivity index (χ4n) is 4.85. The van der Waals surface area contributed by atoms with Crippen LogP contribution in [0.2, 0.25) is 0 Å². The first-order chi connectivity index (χ1) is 15.8. The van der Waals surface area contributed by atoms with E-state index >= 15 is 0 Å². The molecule has 9 heteroatoms. The molecule has 176 valence electrons. The van der Waals surface area contributed by atoms with Crippen molar-refractivity contribution in [2.75, 3.05) is 29.5 Å². The van der Waals surface area contributed by atoms with Crippen molar-refractivity contribution in [2.24, 2.45) is 17.6 Å². The van der Waals surface area contributed by atoms with E-state index in [-0.39, 0.29) is 23.6 Å². The normalized spacial score (nSPS) is 23.2. The summed E-state index contributed by atoms with van der Waals surface area (Å²) in [5, 5.41) is 10.9. The van der Waals surface area contributed by atoms with Crippen molar-refractivity contribution >= 4 is 29.2 Å². The summed E-state index contributed by atoms with van der Waals surface area (Å²) in [6, 6.07) is 7.43. The molecule has 2 aromatic rings. The lowest BCUT2D eigenvalue weighted by molar-refractivity contribution is -0.126. The first-order valence-corrected chi connectivity index (χ1v) is 11.7. The summed E-state index contributed by atoms with van der Waals surface area (Å²) in [4.78, 5) is 23.9. The lowest BCUT2D eigenvalue weighted by Crippen LogP contribution is -2.47. The molecular formula is C24H34N8O. The molecule has 2 heterocycles. The third-order valence-electron chi connectivity index (χ3n) is 6.85. The predicted octanol–water partition coefficient (Wildman–Crippen LogP) is 2.50. The number of anilines is 3. The molecule has 1 saturated carbocycles. The van der Waals surface area contributed by atoms with Gasteiger partial charge in [0.1, 0.15) is 11.7 Å². The topological polar surface area (TPSA) is 160 Å². The van der Waals surface area contributed by atoms with Gasteiger partial charge in [-0.1, -0.05) is 13.0 Å². The summed E-state index contributed by atoms with van der Waals surface area (Å²) in [7, 11) is 0. The van der Waals surface area contributed by atoms with Crippen LogP contribution in [-0.4, -0.2) is 40.8 Å². The maximum absolute atomic E-state index is 13.0. The van der Waals surface area contributed by atoms with Gasteiger partial charge in [-0.3, -0.25) is 10.2 Å².